The van der Waals surface area contributed by atoms with E-state index < -0.39 is 0 Å². The SMILES string of the molecule is CC1CCN(C(=O)CN2C(=O)[C@@H]3CCCCN3c3ccc(C(=O)N(C)C)cc32)CC1. The second kappa shape index (κ2) is 8.28. The molecule has 3 amide bonds. The Balaban J connectivity index is 1.66. The summed E-state index contributed by atoms with van der Waals surface area (Å²) in [6.45, 7) is 4.60. The first-order valence-electron chi connectivity index (χ1n) is 11.1. The third-order valence-corrected chi connectivity index (χ3v) is 6.71. The number of nitrogens with zero attached hydrogens (tertiary/aromatic N) is 4. The molecule has 0 N–H and O–H groups in total. The molecule has 7 nitrogen and oxygen atoms in total. The Morgan fingerprint density at radius 1 is 1.03 bits per heavy atom. The predicted octanol–water partition coefficient (Wildman–Crippen LogP) is 2.35. The second-order valence-electron chi connectivity index (χ2n) is 9.10. The molecule has 3 aliphatic rings. The van der Waals surface area contributed by atoms with Gasteiger partial charge in [-0.05, 0) is 56.2 Å². The molecule has 1 aromatic rings. The molecule has 0 saturated carbocycles. The Hall–Kier alpha value is -2.57. The standard InChI is InChI=1S/C23H32N4O3/c1-16-9-12-25(13-10-16)21(28)15-27-20-14-17(22(29)24(2)3)7-8-18(20)26-11-5-4-6-19(26)23(27)30/h7-8,14,16,19H,4-6,9-13,15H2,1-3H3/t19-/m0/s1. The molecule has 2 fully saturated rings. The van der Waals surface area contributed by atoms with E-state index in [0.29, 0.717) is 17.2 Å². The molecule has 0 bridgehead atoms. The lowest BCUT2D eigenvalue weighted by atomic mass is 9.95. The number of amides is 3. The van der Waals surface area contributed by atoms with Crippen LogP contribution in [0.5, 0.6) is 0 Å². The van der Waals surface area contributed by atoms with Crippen molar-refractivity contribution in [3.05, 3.63) is 23.8 Å². The van der Waals surface area contributed by atoms with Gasteiger partial charge in [0, 0.05) is 39.3 Å². The number of benzene rings is 1. The third kappa shape index (κ3) is 3.77. The number of carbonyl (C=O) groups excluding carboxylic acids is 3. The molecule has 3 heterocycles. The summed E-state index contributed by atoms with van der Waals surface area (Å²) in [4.78, 5) is 46.2. The van der Waals surface area contributed by atoms with Gasteiger partial charge in [-0.15, -0.1) is 0 Å². The summed E-state index contributed by atoms with van der Waals surface area (Å²) in [6, 6.07) is 5.34. The van der Waals surface area contributed by atoms with Crippen LogP contribution >= 0.6 is 0 Å². The first-order valence-corrected chi connectivity index (χ1v) is 11.1. The molecule has 4 rings (SSSR count). The minimum absolute atomic E-state index is 0.00482. The quantitative estimate of drug-likeness (QED) is 0.765. The zero-order chi connectivity index (χ0) is 21.4. The highest BCUT2D eigenvalue weighted by Gasteiger charge is 2.40. The first kappa shape index (κ1) is 20.7. The van der Waals surface area contributed by atoms with E-state index in [2.05, 4.69) is 11.8 Å². The molecule has 7 heteroatoms. The van der Waals surface area contributed by atoms with E-state index in [4.69, 9.17) is 0 Å². The number of rotatable bonds is 3. The van der Waals surface area contributed by atoms with E-state index in [1.54, 1.807) is 25.1 Å². The zero-order valence-electron chi connectivity index (χ0n) is 18.3. The normalized spacial score (nSPS) is 21.9. The summed E-state index contributed by atoms with van der Waals surface area (Å²) in [5.41, 5.74) is 2.17. The highest BCUT2D eigenvalue weighted by molar-refractivity contribution is 6.09. The van der Waals surface area contributed by atoms with Crippen LogP contribution in [0.15, 0.2) is 18.2 Å². The summed E-state index contributed by atoms with van der Waals surface area (Å²) in [5, 5.41) is 0. The lowest BCUT2D eigenvalue weighted by Crippen LogP contribution is -2.57. The van der Waals surface area contributed by atoms with Crippen molar-refractivity contribution in [2.75, 3.05) is 50.1 Å². The van der Waals surface area contributed by atoms with Gasteiger partial charge in [0.1, 0.15) is 12.6 Å². The molecule has 30 heavy (non-hydrogen) atoms. The van der Waals surface area contributed by atoms with E-state index in [1.807, 2.05) is 17.0 Å². The first-order chi connectivity index (χ1) is 14.4. The highest BCUT2D eigenvalue weighted by atomic mass is 16.2. The minimum atomic E-state index is -0.212. The Morgan fingerprint density at radius 3 is 2.47 bits per heavy atom. The lowest BCUT2D eigenvalue weighted by Gasteiger charge is -2.45. The van der Waals surface area contributed by atoms with Crippen LogP contribution in [0.3, 0.4) is 0 Å². The summed E-state index contributed by atoms with van der Waals surface area (Å²) >= 11 is 0. The smallest absolute Gasteiger partial charge is 0.253 e. The van der Waals surface area contributed by atoms with Crippen LogP contribution in [0, 0.1) is 5.92 Å². The molecule has 0 unspecified atom stereocenters. The monoisotopic (exact) mass is 412 g/mol. The van der Waals surface area contributed by atoms with Crippen LogP contribution in [-0.4, -0.2) is 73.8 Å². The van der Waals surface area contributed by atoms with Crippen molar-refractivity contribution in [3.8, 4) is 0 Å². The van der Waals surface area contributed by atoms with Crippen molar-refractivity contribution in [1.29, 1.82) is 0 Å². The molecule has 0 aromatic heterocycles. The van der Waals surface area contributed by atoms with Crippen molar-refractivity contribution in [2.24, 2.45) is 5.92 Å². The van der Waals surface area contributed by atoms with E-state index in [1.165, 1.54) is 4.90 Å². The predicted molar refractivity (Wildman–Crippen MR) is 117 cm³/mol. The number of fused-ring (bicyclic) bond motifs is 3. The fraction of sp³-hybridized carbons (Fsp3) is 0.609. The van der Waals surface area contributed by atoms with Crippen molar-refractivity contribution in [2.45, 2.75) is 45.1 Å². The van der Waals surface area contributed by atoms with Crippen LogP contribution in [0.4, 0.5) is 11.4 Å². The summed E-state index contributed by atoms with van der Waals surface area (Å²) in [7, 11) is 3.43. The molecule has 3 aliphatic heterocycles. The van der Waals surface area contributed by atoms with Crippen LogP contribution in [-0.2, 0) is 9.59 Å². The number of piperidine rings is 2. The summed E-state index contributed by atoms with van der Waals surface area (Å²) in [5.74, 6) is 0.509. The number of likely N-dealkylation sites (tertiary alicyclic amines) is 1. The van der Waals surface area contributed by atoms with Gasteiger partial charge in [0.15, 0.2) is 0 Å². The van der Waals surface area contributed by atoms with E-state index in [9.17, 15) is 14.4 Å². The van der Waals surface area contributed by atoms with Gasteiger partial charge >= 0.3 is 0 Å². The second-order valence-corrected chi connectivity index (χ2v) is 9.10. The summed E-state index contributed by atoms with van der Waals surface area (Å²) < 4.78 is 0. The molecule has 2 saturated heterocycles. The van der Waals surface area contributed by atoms with Gasteiger partial charge in [-0.2, -0.15) is 0 Å². The van der Waals surface area contributed by atoms with Crippen LogP contribution in [0.1, 0.15) is 49.4 Å². The molecule has 1 atom stereocenters. The molecular formula is C23H32N4O3. The Labute approximate surface area is 178 Å². The van der Waals surface area contributed by atoms with Crippen LogP contribution in [0.25, 0.3) is 0 Å². The van der Waals surface area contributed by atoms with Crippen molar-refractivity contribution >= 4 is 29.1 Å². The van der Waals surface area contributed by atoms with Crippen molar-refractivity contribution in [1.82, 2.24) is 9.80 Å². The zero-order valence-corrected chi connectivity index (χ0v) is 18.3. The number of carbonyl (C=O) groups is 3. The van der Waals surface area contributed by atoms with Gasteiger partial charge in [-0.25, -0.2) is 0 Å². The van der Waals surface area contributed by atoms with E-state index in [0.717, 1.165) is 57.4 Å². The van der Waals surface area contributed by atoms with Crippen molar-refractivity contribution in [3.63, 3.8) is 0 Å². The maximum absolute atomic E-state index is 13.4. The topological polar surface area (TPSA) is 64.2 Å². The fourth-order valence-electron chi connectivity index (χ4n) is 4.81. The number of hydrogen-bond acceptors (Lipinski definition) is 4. The summed E-state index contributed by atoms with van der Waals surface area (Å²) in [6.07, 6.45) is 4.89. The Bertz CT molecular complexity index is 845. The molecule has 1 aromatic carbocycles. The van der Waals surface area contributed by atoms with Gasteiger partial charge in [-0.1, -0.05) is 6.92 Å². The molecule has 162 valence electrons. The molecule has 0 spiro atoms. The van der Waals surface area contributed by atoms with Gasteiger partial charge in [0.2, 0.25) is 11.8 Å². The van der Waals surface area contributed by atoms with E-state index in [-0.39, 0.29) is 30.3 Å². The maximum Gasteiger partial charge on any atom is 0.253 e. The van der Waals surface area contributed by atoms with Crippen LogP contribution in [0.2, 0.25) is 0 Å². The number of hydrogen-bond donors (Lipinski definition) is 0. The average molecular weight is 413 g/mol. The maximum atomic E-state index is 13.4. The fourth-order valence-corrected chi connectivity index (χ4v) is 4.81. The molecule has 0 aliphatic carbocycles. The van der Waals surface area contributed by atoms with Gasteiger partial charge in [-0.3, -0.25) is 19.3 Å². The Kier molecular flexibility index (Phi) is 5.71. The van der Waals surface area contributed by atoms with E-state index >= 15 is 0 Å². The average Bonchev–Trinajstić information content (AvgIpc) is 2.76. The molecule has 0 radical (unpaired) electrons. The lowest BCUT2D eigenvalue weighted by molar-refractivity contribution is -0.133. The minimum Gasteiger partial charge on any atom is -0.358 e. The number of anilines is 2. The van der Waals surface area contributed by atoms with Crippen LogP contribution < -0.4 is 9.80 Å². The Morgan fingerprint density at radius 2 is 1.77 bits per heavy atom. The largest absolute Gasteiger partial charge is 0.358 e. The third-order valence-electron chi connectivity index (χ3n) is 6.71. The van der Waals surface area contributed by atoms with Crippen molar-refractivity contribution < 1.29 is 14.4 Å². The van der Waals surface area contributed by atoms with Gasteiger partial charge < -0.3 is 14.7 Å². The van der Waals surface area contributed by atoms with Gasteiger partial charge in [0.25, 0.3) is 5.91 Å². The highest BCUT2D eigenvalue weighted by Crippen LogP contribution is 2.40. The molecular weight excluding hydrogens is 380 g/mol. The van der Waals surface area contributed by atoms with Gasteiger partial charge in [0.05, 0.1) is 11.4 Å².